The summed E-state index contributed by atoms with van der Waals surface area (Å²) < 4.78 is 5.20. The van der Waals surface area contributed by atoms with E-state index in [1.807, 2.05) is 12.1 Å². The molecule has 102 valence electrons. The van der Waals surface area contributed by atoms with Crippen molar-refractivity contribution >= 4 is 5.69 Å². The SMILES string of the molecule is COc1ccc(N2C(C)CCNCC2CC#N)cc1. The van der Waals surface area contributed by atoms with Crippen LogP contribution in [0.3, 0.4) is 0 Å². The molecule has 2 atom stereocenters. The average molecular weight is 259 g/mol. The van der Waals surface area contributed by atoms with Crippen LogP contribution in [0.15, 0.2) is 24.3 Å². The summed E-state index contributed by atoms with van der Waals surface area (Å²) in [6.07, 6.45) is 1.64. The standard InChI is InChI=1S/C15H21N3O/c1-12-8-10-17-11-14(7-9-16)18(12)13-3-5-15(19-2)6-4-13/h3-6,12,14,17H,7-8,10-11H2,1-2H3. The molecule has 1 N–H and O–H groups in total. The van der Waals surface area contributed by atoms with Gasteiger partial charge in [0.2, 0.25) is 0 Å². The molecule has 1 aromatic rings. The molecule has 0 bridgehead atoms. The van der Waals surface area contributed by atoms with Gasteiger partial charge in [-0.25, -0.2) is 0 Å². The lowest BCUT2D eigenvalue weighted by atomic mass is 10.1. The smallest absolute Gasteiger partial charge is 0.119 e. The summed E-state index contributed by atoms with van der Waals surface area (Å²) in [7, 11) is 1.67. The zero-order chi connectivity index (χ0) is 13.7. The molecule has 1 aliphatic rings. The Hall–Kier alpha value is -1.73. The third kappa shape index (κ3) is 3.18. The summed E-state index contributed by atoms with van der Waals surface area (Å²) in [5.74, 6) is 0.862. The largest absolute Gasteiger partial charge is 0.497 e. The number of anilines is 1. The highest BCUT2D eigenvalue weighted by Gasteiger charge is 2.26. The average Bonchev–Trinajstić information content (AvgIpc) is 2.61. The van der Waals surface area contributed by atoms with Crippen LogP contribution in [-0.4, -0.2) is 32.3 Å². The molecule has 0 spiro atoms. The summed E-state index contributed by atoms with van der Waals surface area (Å²) in [4.78, 5) is 2.36. The van der Waals surface area contributed by atoms with E-state index < -0.39 is 0 Å². The Morgan fingerprint density at radius 2 is 2.16 bits per heavy atom. The molecule has 0 aromatic heterocycles. The normalized spacial score (nSPS) is 23.5. The molecule has 1 aromatic carbocycles. The van der Waals surface area contributed by atoms with Crippen LogP contribution < -0.4 is 15.0 Å². The van der Waals surface area contributed by atoms with Gasteiger partial charge in [-0.05, 0) is 44.2 Å². The van der Waals surface area contributed by atoms with Gasteiger partial charge in [0.05, 0.1) is 25.6 Å². The van der Waals surface area contributed by atoms with Gasteiger partial charge in [0.15, 0.2) is 0 Å². The predicted molar refractivity (Wildman–Crippen MR) is 76.4 cm³/mol. The summed E-state index contributed by atoms with van der Waals surface area (Å²) in [6, 6.07) is 11.1. The lowest BCUT2D eigenvalue weighted by Gasteiger charge is -2.35. The molecule has 0 saturated carbocycles. The van der Waals surface area contributed by atoms with Crippen LogP contribution in [0.4, 0.5) is 5.69 Å². The highest BCUT2D eigenvalue weighted by Crippen LogP contribution is 2.26. The van der Waals surface area contributed by atoms with Gasteiger partial charge in [-0.1, -0.05) is 0 Å². The zero-order valence-electron chi connectivity index (χ0n) is 11.6. The minimum atomic E-state index is 0.232. The van der Waals surface area contributed by atoms with Crippen LogP contribution in [-0.2, 0) is 0 Å². The van der Waals surface area contributed by atoms with Crippen molar-refractivity contribution in [3.8, 4) is 11.8 Å². The fraction of sp³-hybridized carbons (Fsp3) is 0.533. The summed E-state index contributed by atoms with van der Waals surface area (Å²) >= 11 is 0. The fourth-order valence-corrected chi connectivity index (χ4v) is 2.67. The van der Waals surface area contributed by atoms with Gasteiger partial charge >= 0.3 is 0 Å². The highest BCUT2D eigenvalue weighted by molar-refractivity contribution is 5.51. The van der Waals surface area contributed by atoms with Crippen LogP contribution in [0.5, 0.6) is 5.75 Å². The Bertz CT molecular complexity index is 438. The maximum absolute atomic E-state index is 9.02. The first kappa shape index (κ1) is 13.7. The molecule has 2 unspecified atom stereocenters. The Morgan fingerprint density at radius 3 is 2.79 bits per heavy atom. The monoisotopic (exact) mass is 259 g/mol. The van der Waals surface area contributed by atoms with Gasteiger partial charge in [-0.15, -0.1) is 0 Å². The van der Waals surface area contributed by atoms with Crippen molar-refractivity contribution in [3.05, 3.63) is 24.3 Å². The number of methoxy groups -OCH3 is 1. The zero-order valence-corrected chi connectivity index (χ0v) is 11.6. The van der Waals surface area contributed by atoms with Gasteiger partial charge in [-0.2, -0.15) is 5.26 Å². The molecular formula is C15H21N3O. The summed E-state index contributed by atoms with van der Waals surface area (Å²) in [5, 5.41) is 12.4. The van der Waals surface area contributed by atoms with Gasteiger partial charge in [0, 0.05) is 18.3 Å². The number of rotatable bonds is 3. The number of hydrogen-bond acceptors (Lipinski definition) is 4. The minimum Gasteiger partial charge on any atom is -0.497 e. The molecule has 1 fully saturated rings. The van der Waals surface area contributed by atoms with Gasteiger partial charge < -0.3 is 15.0 Å². The van der Waals surface area contributed by atoms with Crippen LogP contribution >= 0.6 is 0 Å². The van der Waals surface area contributed by atoms with Crippen molar-refractivity contribution in [3.63, 3.8) is 0 Å². The number of nitrogens with zero attached hydrogens (tertiary/aromatic N) is 2. The van der Waals surface area contributed by atoms with E-state index in [0.29, 0.717) is 12.5 Å². The number of hydrogen-bond donors (Lipinski definition) is 1. The van der Waals surface area contributed by atoms with E-state index in [-0.39, 0.29) is 6.04 Å². The van der Waals surface area contributed by atoms with E-state index in [0.717, 1.165) is 30.9 Å². The Morgan fingerprint density at radius 1 is 1.42 bits per heavy atom. The van der Waals surface area contributed by atoms with E-state index in [2.05, 4.69) is 35.3 Å². The summed E-state index contributed by atoms with van der Waals surface area (Å²) in [6.45, 7) is 4.10. The Balaban J connectivity index is 2.26. The second kappa shape index (κ2) is 6.44. The Kier molecular flexibility index (Phi) is 4.64. The topological polar surface area (TPSA) is 48.3 Å². The maximum atomic E-state index is 9.02. The van der Waals surface area contributed by atoms with Crippen LogP contribution in [0.25, 0.3) is 0 Å². The van der Waals surface area contributed by atoms with E-state index in [4.69, 9.17) is 10.00 Å². The van der Waals surface area contributed by atoms with Crippen molar-refractivity contribution in [1.82, 2.24) is 5.32 Å². The van der Waals surface area contributed by atoms with Crippen molar-refractivity contribution in [2.24, 2.45) is 0 Å². The lowest BCUT2D eigenvalue weighted by Crippen LogP contribution is -2.43. The molecule has 0 radical (unpaired) electrons. The molecule has 4 nitrogen and oxygen atoms in total. The lowest BCUT2D eigenvalue weighted by molar-refractivity contribution is 0.414. The second-order valence-corrected chi connectivity index (χ2v) is 4.96. The second-order valence-electron chi connectivity index (χ2n) is 4.96. The predicted octanol–water partition coefficient (Wildman–Crippen LogP) is 2.17. The third-order valence-electron chi connectivity index (χ3n) is 3.68. The molecule has 2 rings (SSSR count). The fourth-order valence-electron chi connectivity index (χ4n) is 2.67. The first-order valence-electron chi connectivity index (χ1n) is 6.76. The highest BCUT2D eigenvalue weighted by atomic mass is 16.5. The number of benzene rings is 1. The molecule has 0 amide bonds. The van der Waals surface area contributed by atoms with Gasteiger partial charge in [0.25, 0.3) is 0 Å². The molecule has 1 saturated heterocycles. The van der Waals surface area contributed by atoms with Crippen molar-refractivity contribution in [2.75, 3.05) is 25.1 Å². The Labute approximate surface area is 115 Å². The molecule has 1 aliphatic heterocycles. The minimum absolute atomic E-state index is 0.232. The number of nitriles is 1. The quantitative estimate of drug-likeness (QED) is 0.903. The maximum Gasteiger partial charge on any atom is 0.119 e. The van der Waals surface area contributed by atoms with E-state index in [1.54, 1.807) is 7.11 Å². The van der Waals surface area contributed by atoms with Crippen LogP contribution in [0.2, 0.25) is 0 Å². The van der Waals surface area contributed by atoms with Crippen molar-refractivity contribution in [1.29, 1.82) is 5.26 Å². The van der Waals surface area contributed by atoms with E-state index in [1.165, 1.54) is 0 Å². The third-order valence-corrected chi connectivity index (χ3v) is 3.68. The van der Waals surface area contributed by atoms with E-state index in [9.17, 15) is 0 Å². The van der Waals surface area contributed by atoms with Gasteiger partial charge in [-0.3, -0.25) is 0 Å². The molecular weight excluding hydrogens is 238 g/mol. The molecule has 4 heteroatoms. The number of ether oxygens (including phenoxy) is 1. The van der Waals surface area contributed by atoms with E-state index >= 15 is 0 Å². The first-order valence-corrected chi connectivity index (χ1v) is 6.76. The van der Waals surface area contributed by atoms with Crippen LogP contribution in [0, 0.1) is 11.3 Å². The van der Waals surface area contributed by atoms with Crippen molar-refractivity contribution in [2.45, 2.75) is 31.8 Å². The summed E-state index contributed by atoms with van der Waals surface area (Å²) in [5.41, 5.74) is 1.16. The molecule has 1 heterocycles. The first-order chi connectivity index (χ1) is 9.26. The molecule has 0 aliphatic carbocycles. The molecule has 19 heavy (non-hydrogen) atoms. The number of nitrogens with one attached hydrogen (secondary N) is 1. The van der Waals surface area contributed by atoms with Gasteiger partial charge in [0.1, 0.15) is 5.75 Å². The van der Waals surface area contributed by atoms with Crippen molar-refractivity contribution < 1.29 is 4.74 Å². The van der Waals surface area contributed by atoms with Crippen LogP contribution in [0.1, 0.15) is 19.8 Å².